The summed E-state index contributed by atoms with van der Waals surface area (Å²) in [6.07, 6.45) is 5.54. The van der Waals surface area contributed by atoms with E-state index < -0.39 is 11.6 Å². The smallest absolute Gasteiger partial charge is 0.199 e. The molecule has 3 heterocycles. The highest BCUT2D eigenvalue weighted by molar-refractivity contribution is 5.50. The summed E-state index contributed by atoms with van der Waals surface area (Å²) in [5.41, 5.74) is 1.61. The van der Waals surface area contributed by atoms with Crippen molar-refractivity contribution in [2.24, 2.45) is 0 Å². The molecule has 0 aliphatic carbocycles. The summed E-state index contributed by atoms with van der Waals surface area (Å²) < 4.78 is 26.8. The Morgan fingerprint density at radius 2 is 1.58 bits per heavy atom. The summed E-state index contributed by atoms with van der Waals surface area (Å²) in [5.74, 6) is -0.0266. The third kappa shape index (κ3) is 2.68. The van der Waals surface area contributed by atoms with E-state index in [4.69, 9.17) is 0 Å². The van der Waals surface area contributed by atoms with Gasteiger partial charge in [0.25, 0.3) is 0 Å². The van der Waals surface area contributed by atoms with Gasteiger partial charge in [0.05, 0.1) is 0 Å². The van der Waals surface area contributed by atoms with Crippen LogP contribution >= 0.6 is 0 Å². The Morgan fingerprint density at radius 3 is 2.38 bits per heavy atom. The van der Waals surface area contributed by atoms with Gasteiger partial charge in [0.1, 0.15) is 5.82 Å². The molecule has 0 fully saturated rings. The normalized spacial score (nSPS) is 13.7. The molecule has 0 saturated carbocycles. The highest BCUT2D eigenvalue weighted by Gasteiger charge is 2.20. The largest absolute Gasteiger partial charge is 0.352 e. The number of aromatic nitrogens is 4. The van der Waals surface area contributed by atoms with Crippen molar-refractivity contribution < 1.29 is 8.78 Å². The van der Waals surface area contributed by atoms with E-state index in [1.54, 1.807) is 30.7 Å². The lowest BCUT2D eigenvalue weighted by molar-refractivity contribution is 0.503. The van der Waals surface area contributed by atoms with Crippen molar-refractivity contribution in [1.29, 1.82) is 0 Å². The maximum absolute atomic E-state index is 13.5. The second kappa shape index (κ2) is 5.92. The number of halogens is 2. The van der Waals surface area contributed by atoms with Crippen molar-refractivity contribution in [3.8, 4) is 11.6 Å². The van der Waals surface area contributed by atoms with Crippen LogP contribution in [0.15, 0.2) is 42.9 Å². The first-order chi connectivity index (χ1) is 11.7. The molecule has 0 atom stereocenters. The van der Waals surface area contributed by atoms with Crippen LogP contribution in [0.25, 0.3) is 11.6 Å². The molecule has 1 aromatic carbocycles. The zero-order valence-corrected chi connectivity index (χ0v) is 12.7. The summed E-state index contributed by atoms with van der Waals surface area (Å²) in [6.45, 7) is 1.14. The van der Waals surface area contributed by atoms with E-state index in [1.807, 2.05) is 4.90 Å². The zero-order chi connectivity index (χ0) is 16.5. The second-order valence-corrected chi connectivity index (χ2v) is 5.52. The molecule has 0 spiro atoms. The zero-order valence-electron chi connectivity index (χ0n) is 12.7. The molecule has 3 aromatic rings. The highest BCUT2D eigenvalue weighted by atomic mass is 19.2. The van der Waals surface area contributed by atoms with E-state index in [0.29, 0.717) is 37.0 Å². The van der Waals surface area contributed by atoms with Gasteiger partial charge < -0.3 is 4.90 Å². The molecular weight excluding hydrogens is 312 g/mol. The van der Waals surface area contributed by atoms with E-state index >= 15 is 0 Å². The van der Waals surface area contributed by atoms with Crippen LogP contribution in [0.4, 0.5) is 14.6 Å². The first-order valence-corrected chi connectivity index (χ1v) is 7.53. The molecule has 0 radical (unpaired) electrons. The van der Waals surface area contributed by atoms with Gasteiger partial charge in [0.15, 0.2) is 23.3 Å². The van der Waals surface area contributed by atoms with Gasteiger partial charge in [-0.05, 0) is 41.8 Å². The van der Waals surface area contributed by atoms with Crippen LogP contribution in [0.1, 0.15) is 11.1 Å². The maximum Gasteiger partial charge on any atom is 0.199 e. The third-order valence-corrected chi connectivity index (χ3v) is 3.99. The molecule has 1 aliphatic rings. The number of hydrogen-bond donors (Lipinski definition) is 0. The number of rotatable bonds is 2. The van der Waals surface area contributed by atoms with Crippen molar-refractivity contribution in [1.82, 2.24) is 19.9 Å². The number of anilines is 1. The minimum atomic E-state index is -0.823. The Labute approximate surface area is 137 Å². The van der Waals surface area contributed by atoms with Crippen molar-refractivity contribution >= 4 is 5.82 Å². The predicted octanol–water partition coefficient (Wildman–Crippen LogP) is 2.77. The lowest BCUT2D eigenvalue weighted by atomic mass is 9.99. The van der Waals surface area contributed by atoms with Crippen molar-refractivity contribution in [3.63, 3.8) is 0 Å². The topological polar surface area (TPSA) is 54.8 Å². The average molecular weight is 325 g/mol. The molecule has 1 aliphatic heterocycles. The third-order valence-electron chi connectivity index (χ3n) is 3.99. The standard InChI is InChI=1S/C17H13F2N5/c18-13-8-11-3-7-24(10-12(11)9-14(13)19)15-2-6-22-17(23-15)16-20-4-1-5-21-16/h1-2,4-6,8-9H,3,7,10H2. The molecule has 0 unspecified atom stereocenters. The van der Waals surface area contributed by atoms with Gasteiger partial charge in [-0.2, -0.15) is 0 Å². The van der Waals surface area contributed by atoms with E-state index in [-0.39, 0.29) is 0 Å². The average Bonchev–Trinajstić information content (AvgIpc) is 2.63. The monoisotopic (exact) mass is 325 g/mol. The maximum atomic E-state index is 13.5. The lowest BCUT2D eigenvalue weighted by Gasteiger charge is -2.29. The van der Waals surface area contributed by atoms with E-state index in [0.717, 1.165) is 11.1 Å². The van der Waals surface area contributed by atoms with Crippen molar-refractivity contribution in [2.75, 3.05) is 11.4 Å². The summed E-state index contributed by atoms with van der Waals surface area (Å²) in [6, 6.07) is 6.06. The van der Waals surface area contributed by atoms with Gasteiger partial charge in [-0.25, -0.2) is 28.7 Å². The Bertz CT molecular complexity index is 885. The number of fused-ring (bicyclic) bond motifs is 1. The number of benzene rings is 1. The molecule has 7 heteroatoms. The molecule has 120 valence electrons. The van der Waals surface area contributed by atoms with Gasteiger partial charge in [-0.1, -0.05) is 0 Å². The van der Waals surface area contributed by atoms with Crippen molar-refractivity contribution in [3.05, 3.63) is 65.6 Å². The Kier molecular flexibility index (Phi) is 3.60. The summed E-state index contributed by atoms with van der Waals surface area (Å²) in [5, 5.41) is 0. The molecule has 5 nitrogen and oxygen atoms in total. The number of nitrogens with zero attached hydrogens (tertiary/aromatic N) is 5. The van der Waals surface area contributed by atoms with Crippen LogP contribution in [0, 0.1) is 11.6 Å². The minimum absolute atomic E-state index is 0.434. The molecule has 0 amide bonds. The van der Waals surface area contributed by atoms with Crippen molar-refractivity contribution in [2.45, 2.75) is 13.0 Å². The van der Waals surface area contributed by atoms with Crippen LogP contribution < -0.4 is 4.90 Å². The van der Waals surface area contributed by atoms with Gasteiger partial charge in [0, 0.05) is 31.7 Å². The first kappa shape index (κ1) is 14.6. The predicted molar refractivity (Wildman–Crippen MR) is 84.2 cm³/mol. The molecule has 0 saturated heterocycles. The minimum Gasteiger partial charge on any atom is -0.352 e. The van der Waals surface area contributed by atoms with Crippen LogP contribution in [0.2, 0.25) is 0 Å². The fourth-order valence-corrected chi connectivity index (χ4v) is 2.79. The van der Waals surface area contributed by atoms with Gasteiger partial charge in [0.2, 0.25) is 0 Å². The van der Waals surface area contributed by atoms with Crippen LogP contribution in [0.3, 0.4) is 0 Å². The molecule has 0 N–H and O–H groups in total. The van der Waals surface area contributed by atoms with E-state index in [9.17, 15) is 8.78 Å². The molecule has 24 heavy (non-hydrogen) atoms. The molecule has 0 bridgehead atoms. The van der Waals surface area contributed by atoms with E-state index in [2.05, 4.69) is 19.9 Å². The fourth-order valence-electron chi connectivity index (χ4n) is 2.79. The van der Waals surface area contributed by atoms with Crippen LogP contribution in [0.5, 0.6) is 0 Å². The Morgan fingerprint density at radius 1 is 0.875 bits per heavy atom. The SMILES string of the molecule is Fc1cc2c(cc1F)CN(c1ccnc(-c3ncccn3)n1)CC2. The van der Waals surface area contributed by atoms with Gasteiger partial charge in [-0.3, -0.25) is 0 Å². The van der Waals surface area contributed by atoms with E-state index in [1.165, 1.54) is 12.1 Å². The number of hydrogen-bond acceptors (Lipinski definition) is 5. The first-order valence-electron chi connectivity index (χ1n) is 7.53. The highest BCUT2D eigenvalue weighted by Crippen LogP contribution is 2.25. The summed E-state index contributed by atoms with van der Waals surface area (Å²) >= 11 is 0. The van der Waals surface area contributed by atoms with Crippen LogP contribution in [-0.2, 0) is 13.0 Å². The second-order valence-electron chi connectivity index (χ2n) is 5.52. The Hall–Kier alpha value is -2.96. The summed E-state index contributed by atoms with van der Waals surface area (Å²) in [4.78, 5) is 19.0. The lowest BCUT2D eigenvalue weighted by Crippen LogP contribution is -2.31. The summed E-state index contributed by atoms with van der Waals surface area (Å²) in [7, 11) is 0. The van der Waals surface area contributed by atoms with Gasteiger partial charge >= 0.3 is 0 Å². The quantitative estimate of drug-likeness (QED) is 0.725. The molecule has 2 aromatic heterocycles. The Balaban J connectivity index is 1.64. The molecular formula is C17H13F2N5. The molecule has 4 rings (SSSR count). The van der Waals surface area contributed by atoms with Crippen LogP contribution in [-0.4, -0.2) is 26.5 Å². The fraction of sp³-hybridized carbons (Fsp3) is 0.176. The van der Waals surface area contributed by atoms with Gasteiger partial charge in [-0.15, -0.1) is 0 Å².